The van der Waals surface area contributed by atoms with Gasteiger partial charge in [-0.25, -0.2) is 19.2 Å². The van der Waals surface area contributed by atoms with E-state index in [0.717, 1.165) is 24.1 Å². The van der Waals surface area contributed by atoms with E-state index in [1.165, 1.54) is 18.5 Å². The number of halogens is 1. The lowest BCUT2D eigenvalue weighted by molar-refractivity contribution is 0.213. The van der Waals surface area contributed by atoms with Crippen molar-refractivity contribution in [3.05, 3.63) is 48.3 Å². The Kier molecular flexibility index (Phi) is 7.19. The zero-order valence-electron chi connectivity index (χ0n) is 24.6. The molecule has 2 amide bonds. The van der Waals surface area contributed by atoms with Gasteiger partial charge in [0.25, 0.3) is 0 Å². The highest BCUT2D eigenvalue weighted by molar-refractivity contribution is 6.74. The van der Waals surface area contributed by atoms with E-state index in [-0.39, 0.29) is 16.6 Å². The van der Waals surface area contributed by atoms with Crippen LogP contribution in [-0.4, -0.2) is 40.6 Å². The number of nitrogens with one attached hydrogen (secondary N) is 2. The lowest BCUT2D eigenvalue weighted by Crippen LogP contribution is -2.44. The Morgan fingerprint density at radius 3 is 2.56 bits per heavy atom. The summed E-state index contributed by atoms with van der Waals surface area (Å²) >= 11 is 0. The second kappa shape index (κ2) is 10.2. The highest BCUT2D eigenvalue weighted by Crippen LogP contribution is 2.42. The number of rotatable bonds is 8. The number of carbonyl (C=O) groups excluding carboxylic acids is 1. The largest absolute Gasteiger partial charge is 0.416 e. The van der Waals surface area contributed by atoms with Crippen molar-refractivity contribution in [2.75, 3.05) is 23.0 Å². The van der Waals surface area contributed by atoms with Crippen LogP contribution >= 0.6 is 0 Å². The Morgan fingerprint density at radius 2 is 1.90 bits per heavy atom. The fourth-order valence-electron chi connectivity index (χ4n) is 4.31. The first kappa shape index (κ1) is 28.7. The molecule has 10 nitrogen and oxygen atoms in total. The molecule has 1 aromatic carbocycles. The molecule has 1 fully saturated rings. The fourth-order valence-corrected chi connectivity index (χ4v) is 5.47. The van der Waals surface area contributed by atoms with E-state index in [0.29, 0.717) is 35.1 Å². The number of anilines is 3. The smallest absolute Gasteiger partial charge is 0.326 e. The molecule has 0 atom stereocenters. The first-order chi connectivity index (χ1) is 19.2. The number of nitrogens with zero attached hydrogens (tertiary/aromatic N) is 4. The van der Waals surface area contributed by atoms with Crippen LogP contribution in [0.1, 0.15) is 59.2 Å². The van der Waals surface area contributed by atoms with Crippen LogP contribution in [0.25, 0.3) is 22.2 Å². The number of benzene rings is 1. The molecule has 4 aromatic rings. The van der Waals surface area contributed by atoms with E-state index < -0.39 is 25.6 Å². The van der Waals surface area contributed by atoms with E-state index in [9.17, 15) is 4.79 Å². The molecule has 0 radical (unpaired) electrons. The minimum atomic E-state index is -1.95. The van der Waals surface area contributed by atoms with Gasteiger partial charge in [0.05, 0.1) is 16.8 Å². The average Bonchev–Trinajstić information content (AvgIpc) is 3.48. The minimum Gasteiger partial charge on any atom is -0.416 e. The van der Waals surface area contributed by atoms with Crippen molar-refractivity contribution in [2.45, 2.75) is 77.0 Å². The summed E-state index contributed by atoms with van der Waals surface area (Å²) in [6.07, 6.45) is 5.51. The Hall–Kier alpha value is -3.77. The summed E-state index contributed by atoms with van der Waals surface area (Å²) in [4.78, 5) is 21.2. The van der Waals surface area contributed by atoms with Gasteiger partial charge in [-0.1, -0.05) is 45.8 Å². The molecule has 5 rings (SSSR count). The van der Waals surface area contributed by atoms with Gasteiger partial charge in [-0.2, -0.15) is 0 Å². The zero-order valence-corrected chi connectivity index (χ0v) is 25.6. The summed E-state index contributed by atoms with van der Waals surface area (Å²) in [5.74, 6) is -0.103. The Morgan fingerprint density at radius 1 is 1.17 bits per heavy atom. The maximum Gasteiger partial charge on any atom is 0.326 e. The van der Waals surface area contributed by atoms with Crippen molar-refractivity contribution in [3.8, 4) is 11.1 Å². The Bertz CT molecular complexity index is 1600. The molecule has 41 heavy (non-hydrogen) atoms. The van der Waals surface area contributed by atoms with Crippen LogP contribution in [0.4, 0.5) is 26.6 Å². The third-order valence-electron chi connectivity index (χ3n) is 8.15. The fraction of sp³-hybridized carbons (Fsp3) is 0.448. The van der Waals surface area contributed by atoms with Crippen LogP contribution in [0, 0.1) is 5.82 Å². The van der Waals surface area contributed by atoms with Crippen LogP contribution in [0.3, 0.4) is 0 Å². The molecule has 218 valence electrons. The highest BCUT2D eigenvalue weighted by atomic mass is 28.4. The summed E-state index contributed by atoms with van der Waals surface area (Å²) in [6, 6.07) is 5.98. The summed E-state index contributed by atoms with van der Waals surface area (Å²) in [5.41, 5.74) is 8.50. The predicted octanol–water partition coefficient (Wildman–Crippen LogP) is 7.09. The van der Waals surface area contributed by atoms with Crippen molar-refractivity contribution in [1.29, 1.82) is 0 Å². The Balaban J connectivity index is 1.26. The number of hydrogen-bond acceptors (Lipinski definition) is 7. The van der Waals surface area contributed by atoms with E-state index in [2.05, 4.69) is 64.2 Å². The first-order valence-electron chi connectivity index (χ1n) is 13.8. The average molecular weight is 580 g/mol. The van der Waals surface area contributed by atoms with Gasteiger partial charge in [-0.15, -0.1) is 0 Å². The van der Waals surface area contributed by atoms with Crippen LogP contribution < -0.4 is 16.4 Å². The molecule has 1 aliphatic rings. The van der Waals surface area contributed by atoms with Crippen LogP contribution in [0.2, 0.25) is 18.1 Å². The molecule has 0 unspecified atom stereocenters. The third kappa shape index (κ3) is 5.84. The van der Waals surface area contributed by atoms with Gasteiger partial charge in [-0.3, -0.25) is 5.32 Å². The standard InChI is InChI=1S/C29H38FN7O3Si/c1-28(2,3)41(6,7)39-15-29(4,5)22-13-23(40-36-22)35-27(38)34-21-11-8-17(12-20(21)30)19-14-37(18-9-10-18)26-24(19)25(31)32-16-33-26/h8,11-14,16,18H,9-10,15H2,1-7H3,(H2,31,32,33)(H2,34,35,38). The molecular formula is C29H38FN7O3Si. The van der Waals surface area contributed by atoms with Crippen LogP contribution in [0.15, 0.2) is 41.3 Å². The zero-order chi connectivity index (χ0) is 29.7. The van der Waals surface area contributed by atoms with Gasteiger partial charge in [-0.05, 0) is 48.7 Å². The molecule has 3 heterocycles. The van der Waals surface area contributed by atoms with Gasteiger partial charge < -0.3 is 24.6 Å². The van der Waals surface area contributed by atoms with Gasteiger partial charge in [0.1, 0.15) is 23.6 Å². The van der Waals surface area contributed by atoms with Gasteiger partial charge in [0, 0.05) is 35.9 Å². The number of nitrogen functional groups attached to an aromatic ring is 1. The number of fused-ring (bicyclic) bond motifs is 1. The van der Waals surface area contributed by atoms with E-state index in [1.54, 1.807) is 12.1 Å². The molecular weight excluding hydrogens is 541 g/mol. The van der Waals surface area contributed by atoms with E-state index in [4.69, 9.17) is 14.7 Å². The summed E-state index contributed by atoms with van der Waals surface area (Å²) in [5, 5.41) is 10.1. The number of carbonyl (C=O) groups is 1. The third-order valence-corrected chi connectivity index (χ3v) is 12.6. The highest BCUT2D eigenvalue weighted by Gasteiger charge is 2.39. The first-order valence-corrected chi connectivity index (χ1v) is 16.7. The SMILES string of the molecule is CC(C)(CO[Si](C)(C)C(C)(C)C)c1cc(NC(=O)Nc2ccc(-c3cn(C4CC4)c4ncnc(N)c34)cc2F)on1. The molecule has 12 heteroatoms. The van der Waals surface area contributed by atoms with Crippen molar-refractivity contribution < 1.29 is 18.1 Å². The predicted molar refractivity (Wildman–Crippen MR) is 161 cm³/mol. The number of urea groups is 1. The molecule has 0 spiro atoms. The van der Waals surface area contributed by atoms with Crippen molar-refractivity contribution >= 4 is 42.8 Å². The molecule has 3 aromatic heterocycles. The van der Waals surface area contributed by atoms with Crippen LogP contribution in [-0.2, 0) is 9.84 Å². The maximum absolute atomic E-state index is 15.2. The quantitative estimate of drug-likeness (QED) is 0.190. The van der Waals surface area contributed by atoms with Crippen LogP contribution in [0.5, 0.6) is 0 Å². The van der Waals surface area contributed by atoms with E-state index in [1.807, 2.05) is 20.0 Å². The summed E-state index contributed by atoms with van der Waals surface area (Å²) in [6.45, 7) is 15.5. The summed E-state index contributed by atoms with van der Waals surface area (Å²) < 4.78 is 29.0. The van der Waals surface area contributed by atoms with Crippen molar-refractivity contribution in [2.24, 2.45) is 0 Å². The van der Waals surface area contributed by atoms with E-state index >= 15 is 4.39 Å². The topological polar surface area (TPSA) is 133 Å². The second-order valence-corrected chi connectivity index (χ2v) is 17.7. The van der Waals surface area contributed by atoms with Gasteiger partial charge >= 0.3 is 6.03 Å². The summed E-state index contributed by atoms with van der Waals surface area (Å²) in [7, 11) is -1.95. The molecule has 0 saturated heterocycles. The monoisotopic (exact) mass is 579 g/mol. The normalized spacial score (nSPS) is 14.4. The number of aromatic nitrogens is 4. The molecule has 1 saturated carbocycles. The molecule has 1 aliphatic carbocycles. The molecule has 0 aliphatic heterocycles. The number of nitrogens with two attached hydrogens (primary N) is 1. The minimum absolute atomic E-state index is 0.0178. The van der Waals surface area contributed by atoms with Crippen molar-refractivity contribution in [3.63, 3.8) is 0 Å². The number of hydrogen-bond donors (Lipinski definition) is 3. The maximum atomic E-state index is 15.2. The second-order valence-electron chi connectivity index (χ2n) is 12.9. The Labute approximate surface area is 240 Å². The lowest BCUT2D eigenvalue weighted by Gasteiger charge is -2.38. The molecule has 4 N–H and O–H groups in total. The van der Waals surface area contributed by atoms with Crippen molar-refractivity contribution in [1.82, 2.24) is 19.7 Å². The number of amides is 2. The van der Waals surface area contributed by atoms with Gasteiger partial charge in [0.2, 0.25) is 5.88 Å². The molecule has 0 bridgehead atoms. The van der Waals surface area contributed by atoms with Gasteiger partial charge in [0.15, 0.2) is 8.32 Å². The lowest BCUT2D eigenvalue weighted by atomic mass is 9.91.